The highest BCUT2D eigenvalue weighted by Gasteiger charge is 2.34. The van der Waals surface area contributed by atoms with Crippen molar-refractivity contribution in [2.24, 2.45) is 5.92 Å². The van der Waals surface area contributed by atoms with Crippen molar-refractivity contribution < 1.29 is 8.42 Å². The van der Waals surface area contributed by atoms with Crippen LogP contribution in [0.15, 0.2) is 24.3 Å². The van der Waals surface area contributed by atoms with Crippen molar-refractivity contribution in [3.8, 4) is 0 Å². The lowest BCUT2D eigenvalue weighted by molar-refractivity contribution is 0.537. The van der Waals surface area contributed by atoms with Crippen molar-refractivity contribution in [2.45, 2.75) is 49.6 Å². The summed E-state index contributed by atoms with van der Waals surface area (Å²) in [5.74, 6) is 0.977. The van der Waals surface area contributed by atoms with Crippen molar-refractivity contribution in [1.29, 1.82) is 0 Å². The number of alkyl halides is 1. The maximum absolute atomic E-state index is 12.2. The van der Waals surface area contributed by atoms with Gasteiger partial charge < -0.3 is 0 Å². The molecule has 0 aromatic heterocycles. The molecular weight excluding hydrogens is 336 g/mol. The molecule has 1 aliphatic rings. The number of benzene rings is 1. The summed E-state index contributed by atoms with van der Waals surface area (Å²) in [6.07, 6.45) is 3.66. The third-order valence-electron chi connectivity index (χ3n) is 3.90. The number of hydrogen-bond acceptors (Lipinski definition) is 2. The van der Waals surface area contributed by atoms with Crippen LogP contribution >= 0.6 is 15.9 Å². The number of halogens is 1. The summed E-state index contributed by atoms with van der Waals surface area (Å²) in [4.78, 5) is -0.0825. The highest BCUT2D eigenvalue weighted by atomic mass is 79.9. The second-order valence-corrected chi connectivity index (χ2v) is 9.47. The molecule has 1 fully saturated rings. The maximum atomic E-state index is 12.2. The van der Waals surface area contributed by atoms with Crippen LogP contribution < -0.4 is 0 Å². The van der Waals surface area contributed by atoms with Gasteiger partial charge in [-0.05, 0) is 36.3 Å². The molecule has 0 N–H and O–H groups in total. The molecule has 1 aliphatic heterocycles. The first-order chi connectivity index (χ1) is 9.40. The number of sulfone groups is 1. The average molecular weight is 359 g/mol. The molecule has 1 aromatic rings. The molecule has 1 aromatic carbocycles. The average Bonchev–Trinajstić information content (AvgIpc) is 2.37. The second kappa shape index (κ2) is 6.61. The smallest absolute Gasteiger partial charge is 0.154 e. The monoisotopic (exact) mass is 358 g/mol. The molecule has 1 heterocycles. The summed E-state index contributed by atoms with van der Waals surface area (Å²) in [5, 5.41) is -0.271. The minimum absolute atomic E-state index is 0.0825. The van der Waals surface area contributed by atoms with E-state index in [9.17, 15) is 8.42 Å². The molecule has 0 radical (unpaired) electrons. The third-order valence-corrected chi connectivity index (χ3v) is 7.70. The van der Waals surface area contributed by atoms with E-state index in [1.54, 1.807) is 0 Å². The van der Waals surface area contributed by atoms with Gasteiger partial charge in [0.15, 0.2) is 9.84 Å². The topological polar surface area (TPSA) is 34.1 Å². The van der Waals surface area contributed by atoms with Crippen LogP contribution in [-0.4, -0.2) is 19.4 Å². The Morgan fingerprint density at radius 1 is 1.20 bits per heavy atom. The predicted octanol–water partition coefficient (Wildman–Crippen LogP) is 4.29. The van der Waals surface area contributed by atoms with E-state index in [2.05, 4.69) is 54.0 Å². The Bertz CT molecular complexity index is 534. The molecule has 112 valence electrons. The van der Waals surface area contributed by atoms with Gasteiger partial charge in [0.1, 0.15) is 0 Å². The van der Waals surface area contributed by atoms with Crippen molar-refractivity contribution in [3.05, 3.63) is 35.4 Å². The highest BCUT2D eigenvalue weighted by Crippen LogP contribution is 2.36. The van der Waals surface area contributed by atoms with Gasteiger partial charge in [0, 0.05) is 0 Å². The number of rotatable bonds is 4. The standard InChI is InChI=1S/C16H23BrO2S/c1-12(2)11-13-6-8-14(9-7-13)16(17)15-5-3-4-10-20(15,18)19/h6-9,12,15-16H,3-5,10-11H2,1-2H3. The molecule has 2 unspecified atom stereocenters. The lowest BCUT2D eigenvalue weighted by Gasteiger charge is -2.26. The molecule has 2 nitrogen and oxygen atoms in total. The van der Waals surface area contributed by atoms with E-state index in [4.69, 9.17) is 0 Å². The van der Waals surface area contributed by atoms with Gasteiger partial charge in [-0.15, -0.1) is 0 Å². The van der Waals surface area contributed by atoms with Crippen LogP contribution in [0.2, 0.25) is 0 Å². The molecule has 2 atom stereocenters. The third kappa shape index (κ3) is 3.85. The largest absolute Gasteiger partial charge is 0.228 e. The van der Waals surface area contributed by atoms with Crippen molar-refractivity contribution in [3.63, 3.8) is 0 Å². The normalized spacial score (nSPS) is 23.7. The molecular formula is C16H23BrO2S. The lowest BCUT2D eigenvalue weighted by atomic mass is 9.99. The Hall–Kier alpha value is -0.350. The van der Waals surface area contributed by atoms with E-state index in [0.29, 0.717) is 11.7 Å². The predicted molar refractivity (Wildman–Crippen MR) is 88.1 cm³/mol. The molecule has 2 rings (SSSR count). The number of hydrogen-bond donors (Lipinski definition) is 0. The maximum Gasteiger partial charge on any atom is 0.154 e. The zero-order chi connectivity index (χ0) is 14.8. The fourth-order valence-corrected chi connectivity index (χ4v) is 6.34. The van der Waals surface area contributed by atoms with E-state index in [0.717, 1.165) is 31.2 Å². The van der Waals surface area contributed by atoms with Crippen molar-refractivity contribution in [1.82, 2.24) is 0 Å². The first kappa shape index (κ1) is 16.0. The van der Waals surface area contributed by atoms with Gasteiger partial charge in [-0.25, -0.2) is 8.42 Å². The molecule has 1 saturated heterocycles. The molecule has 0 spiro atoms. The van der Waals surface area contributed by atoms with Gasteiger partial charge in [-0.2, -0.15) is 0 Å². The first-order valence-corrected chi connectivity index (χ1v) is 9.98. The minimum Gasteiger partial charge on any atom is -0.228 e. The Morgan fingerprint density at radius 2 is 1.85 bits per heavy atom. The van der Waals surface area contributed by atoms with E-state index in [1.807, 2.05) is 0 Å². The molecule has 0 bridgehead atoms. The van der Waals surface area contributed by atoms with Gasteiger partial charge in [0.05, 0.1) is 15.8 Å². The van der Waals surface area contributed by atoms with Crippen LogP contribution in [0.1, 0.15) is 49.1 Å². The SMILES string of the molecule is CC(C)Cc1ccc(C(Br)C2CCCCS2(=O)=O)cc1. The lowest BCUT2D eigenvalue weighted by Crippen LogP contribution is -2.31. The first-order valence-electron chi connectivity index (χ1n) is 7.34. The summed E-state index contributed by atoms with van der Waals surface area (Å²) in [7, 11) is -2.95. The summed E-state index contributed by atoms with van der Waals surface area (Å²) in [5.41, 5.74) is 2.39. The van der Waals surface area contributed by atoms with Crippen LogP contribution in [0.5, 0.6) is 0 Å². The molecule has 0 amide bonds. The van der Waals surface area contributed by atoms with Gasteiger partial charge >= 0.3 is 0 Å². The Morgan fingerprint density at radius 3 is 2.40 bits per heavy atom. The second-order valence-electron chi connectivity index (χ2n) is 6.14. The summed E-state index contributed by atoms with van der Waals surface area (Å²) >= 11 is 3.62. The van der Waals surface area contributed by atoms with Crippen LogP contribution in [0.4, 0.5) is 0 Å². The summed E-state index contributed by atoms with van der Waals surface area (Å²) < 4.78 is 24.4. The van der Waals surface area contributed by atoms with Crippen LogP contribution in [-0.2, 0) is 16.3 Å². The van der Waals surface area contributed by atoms with E-state index >= 15 is 0 Å². The van der Waals surface area contributed by atoms with E-state index < -0.39 is 9.84 Å². The van der Waals surface area contributed by atoms with Gasteiger partial charge in [0.25, 0.3) is 0 Å². The van der Waals surface area contributed by atoms with Gasteiger partial charge in [-0.3, -0.25) is 0 Å². The zero-order valence-corrected chi connectivity index (χ0v) is 14.6. The summed E-state index contributed by atoms with van der Waals surface area (Å²) in [6, 6.07) is 8.39. The van der Waals surface area contributed by atoms with Crippen molar-refractivity contribution in [2.75, 3.05) is 5.75 Å². The Labute approximate surface area is 131 Å². The van der Waals surface area contributed by atoms with Crippen LogP contribution in [0, 0.1) is 5.92 Å². The van der Waals surface area contributed by atoms with Crippen LogP contribution in [0.25, 0.3) is 0 Å². The molecule has 4 heteroatoms. The molecule has 0 saturated carbocycles. The fourth-order valence-electron chi connectivity index (χ4n) is 2.83. The zero-order valence-electron chi connectivity index (χ0n) is 12.2. The Balaban J connectivity index is 2.14. The molecule has 0 aliphatic carbocycles. The Kier molecular flexibility index (Phi) is 5.30. The fraction of sp³-hybridized carbons (Fsp3) is 0.625. The van der Waals surface area contributed by atoms with Gasteiger partial charge in [-0.1, -0.05) is 60.5 Å². The van der Waals surface area contributed by atoms with Crippen LogP contribution in [0.3, 0.4) is 0 Å². The minimum atomic E-state index is -2.95. The quantitative estimate of drug-likeness (QED) is 0.752. The van der Waals surface area contributed by atoms with E-state index in [-0.39, 0.29) is 10.1 Å². The van der Waals surface area contributed by atoms with Crippen molar-refractivity contribution >= 4 is 25.8 Å². The van der Waals surface area contributed by atoms with E-state index in [1.165, 1.54) is 5.56 Å². The van der Waals surface area contributed by atoms with Gasteiger partial charge in [0.2, 0.25) is 0 Å². The molecule has 20 heavy (non-hydrogen) atoms. The summed E-state index contributed by atoms with van der Waals surface area (Å²) in [6.45, 7) is 4.41. The highest BCUT2D eigenvalue weighted by molar-refractivity contribution is 9.09.